The molecule has 0 bridgehead atoms. The van der Waals surface area contributed by atoms with Crippen LogP contribution in [0.5, 0.6) is 0 Å². The van der Waals surface area contributed by atoms with Crippen molar-refractivity contribution in [1.82, 2.24) is 4.98 Å². The highest BCUT2D eigenvalue weighted by Crippen LogP contribution is 2.39. The van der Waals surface area contributed by atoms with Crippen LogP contribution < -0.4 is 0 Å². The van der Waals surface area contributed by atoms with Gasteiger partial charge in [0.25, 0.3) is 0 Å². The molecule has 0 N–H and O–H groups in total. The van der Waals surface area contributed by atoms with Crippen LogP contribution in [0.2, 0.25) is 4.34 Å². The maximum absolute atomic E-state index is 11.3. The average molecular weight is 357 g/mol. The van der Waals surface area contributed by atoms with Crippen molar-refractivity contribution in [2.75, 3.05) is 5.88 Å². The first-order chi connectivity index (χ1) is 7.61. The van der Waals surface area contributed by atoms with E-state index in [0.717, 1.165) is 14.4 Å². The second-order valence-corrected chi connectivity index (χ2v) is 6.46. The summed E-state index contributed by atoms with van der Waals surface area (Å²) in [7, 11) is 0. The van der Waals surface area contributed by atoms with Crippen LogP contribution >= 0.6 is 61.8 Å². The SMILES string of the molecule is O=C(CCl)c1csc(-c2cc(Br)c(Cl)s2)n1. The summed E-state index contributed by atoms with van der Waals surface area (Å²) in [4.78, 5) is 16.5. The minimum Gasteiger partial charge on any atom is -0.291 e. The molecule has 84 valence electrons. The van der Waals surface area contributed by atoms with Crippen molar-refractivity contribution >= 4 is 67.6 Å². The largest absolute Gasteiger partial charge is 0.291 e. The maximum atomic E-state index is 11.3. The van der Waals surface area contributed by atoms with Crippen LogP contribution in [-0.2, 0) is 0 Å². The molecule has 16 heavy (non-hydrogen) atoms. The van der Waals surface area contributed by atoms with E-state index in [1.165, 1.54) is 22.7 Å². The summed E-state index contributed by atoms with van der Waals surface area (Å²) in [6, 6.07) is 1.89. The van der Waals surface area contributed by atoms with E-state index in [-0.39, 0.29) is 11.7 Å². The Hall–Kier alpha value is 0.0600. The molecule has 0 saturated heterocycles. The van der Waals surface area contributed by atoms with Crippen LogP contribution in [0.3, 0.4) is 0 Å². The maximum Gasteiger partial charge on any atom is 0.196 e. The topological polar surface area (TPSA) is 30.0 Å². The predicted octanol–water partition coefficient (Wildman–Crippen LogP) is 4.71. The van der Waals surface area contributed by atoms with Crippen molar-refractivity contribution in [2.45, 2.75) is 0 Å². The number of carbonyl (C=O) groups is 1. The van der Waals surface area contributed by atoms with Gasteiger partial charge in [-0.15, -0.1) is 34.3 Å². The Bertz CT molecular complexity index is 518. The van der Waals surface area contributed by atoms with Gasteiger partial charge in [0.2, 0.25) is 0 Å². The minimum absolute atomic E-state index is 0.0436. The highest BCUT2D eigenvalue weighted by molar-refractivity contribution is 9.10. The molecule has 0 atom stereocenters. The molecule has 2 aromatic heterocycles. The molecule has 0 amide bonds. The number of rotatable bonds is 3. The standard InChI is InChI=1S/C9H4BrCl2NOS2/c10-4-1-7(16-8(4)12)9-13-5(3-15-9)6(14)2-11/h1,3H,2H2. The second-order valence-electron chi connectivity index (χ2n) is 2.83. The van der Waals surface area contributed by atoms with Gasteiger partial charge >= 0.3 is 0 Å². The molecule has 0 radical (unpaired) electrons. The number of ketones is 1. The summed E-state index contributed by atoms with van der Waals surface area (Å²) in [5.41, 5.74) is 0.413. The number of thiophene rings is 1. The zero-order valence-corrected chi connectivity index (χ0v) is 12.4. The summed E-state index contributed by atoms with van der Waals surface area (Å²) in [6.45, 7) is 0. The Morgan fingerprint density at radius 3 is 2.88 bits per heavy atom. The van der Waals surface area contributed by atoms with Crippen molar-refractivity contribution in [3.8, 4) is 9.88 Å². The average Bonchev–Trinajstić information content (AvgIpc) is 2.86. The molecule has 7 heteroatoms. The quantitative estimate of drug-likeness (QED) is 0.588. The molecule has 0 aliphatic carbocycles. The number of halogens is 3. The van der Waals surface area contributed by atoms with Crippen molar-refractivity contribution in [3.63, 3.8) is 0 Å². The van der Waals surface area contributed by atoms with Crippen molar-refractivity contribution in [2.24, 2.45) is 0 Å². The predicted molar refractivity (Wildman–Crippen MR) is 73.2 cm³/mol. The lowest BCUT2D eigenvalue weighted by atomic mass is 10.3. The zero-order chi connectivity index (χ0) is 11.7. The highest BCUT2D eigenvalue weighted by Gasteiger charge is 2.13. The Labute approximate surface area is 118 Å². The third-order valence-corrected chi connectivity index (χ3v) is 5.50. The van der Waals surface area contributed by atoms with Crippen LogP contribution in [0.1, 0.15) is 10.5 Å². The fourth-order valence-electron chi connectivity index (χ4n) is 1.04. The van der Waals surface area contributed by atoms with E-state index in [4.69, 9.17) is 23.2 Å². The normalized spacial score (nSPS) is 10.7. The van der Waals surface area contributed by atoms with Crippen LogP contribution in [0.25, 0.3) is 9.88 Å². The van der Waals surface area contributed by atoms with Crippen molar-refractivity contribution in [1.29, 1.82) is 0 Å². The first kappa shape index (κ1) is 12.5. The van der Waals surface area contributed by atoms with Crippen LogP contribution in [0.4, 0.5) is 0 Å². The Balaban J connectivity index is 2.35. The Kier molecular flexibility index (Phi) is 4.02. The van der Waals surface area contributed by atoms with Crippen LogP contribution in [-0.4, -0.2) is 16.6 Å². The number of Topliss-reactive ketones (excluding diaryl/α,β-unsaturated/α-hetero) is 1. The van der Waals surface area contributed by atoms with Crippen LogP contribution in [0, 0.1) is 0 Å². The van der Waals surface area contributed by atoms with Gasteiger partial charge in [0.1, 0.15) is 15.0 Å². The first-order valence-electron chi connectivity index (χ1n) is 4.11. The van der Waals surface area contributed by atoms with Crippen molar-refractivity contribution < 1.29 is 4.79 Å². The Morgan fingerprint density at radius 1 is 1.56 bits per heavy atom. The fourth-order valence-corrected chi connectivity index (χ4v) is 3.76. The van der Waals surface area contributed by atoms with Gasteiger partial charge in [-0.2, -0.15) is 0 Å². The minimum atomic E-state index is -0.161. The van der Waals surface area contributed by atoms with E-state index in [1.54, 1.807) is 5.38 Å². The molecule has 0 saturated carbocycles. The van der Waals surface area contributed by atoms with E-state index in [1.807, 2.05) is 6.07 Å². The summed E-state index contributed by atoms with van der Waals surface area (Å²) < 4.78 is 1.52. The van der Waals surface area contributed by atoms with Gasteiger partial charge in [-0.25, -0.2) is 4.98 Å². The molecule has 0 aliphatic rings. The van der Waals surface area contributed by atoms with E-state index >= 15 is 0 Å². The van der Waals surface area contributed by atoms with Gasteiger partial charge < -0.3 is 0 Å². The molecule has 2 nitrogen and oxygen atoms in total. The van der Waals surface area contributed by atoms with Gasteiger partial charge in [-0.1, -0.05) is 11.6 Å². The molecule has 2 aromatic rings. The van der Waals surface area contributed by atoms with Crippen LogP contribution in [0.15, 0.2) is 15.9 Å². The summed E-state index contributed by atoms with van der Waals surface area (Å²) in [5, 5.41) is 2.49. The smallest absolute Gasteiger partial charge is 0.196 e. The van der Waals surface area contributed by atoms with E-state index < -0.39 is 0 Å². The monoisotopic (exact) mass is 355 g/mol. The van der Waals surface area contributed by atoms with E-state index in [9.17, 15) is 4.79 Å². The molecular weight excluding hydrogens is 353 g/mol. The number of nitrogens with zero attached hydrogens (tertiary/aromatic N) is 1. The third-order valence-electron chi connectivity index (χ3n) is 1.77. The molecular formula is C9H4BrCl2NOS2. The lowest BCUT2D eigenvalue weighted by Gasteiger charge is -1.88. The third kappa shape index (κ3) is 2.49. The number of hydrogen-bond donors (Lipinski definition) is 0. The number of hydrogen-bond acceptors (Lipinski definition) is 4. The molecule has 0 unspecified atom stereocenters. The molecule has 2 rings (SSSR count). The number of thiazole rings is 1. The van der Waals surface area contributed by atoms with E-state index in [2.05, 4.69) is 20.9 Å². The zero-order valence-electron chi connectivity index (χ0n) is 7.67. The number of alkyl halides is 1. The summed E-state index contributed by atoms with van der Waals surface area (Å²) in [5.74, 6) is -0.205. The van der Waals surface area contributed by atoms with Crippen molar-refractivity contribution in [3.05, 3.63) is 25.9 Å². The lowest BCUT2D eigenvalue weighted by molar-refractivity contribution is 0.101. The summed E-state index contributed by atoms with van der Waals surface area (Å²) >= 11 is 17.6. The molecule has 2 heterocycles. The van der Waals surface area contributed by atoms with Gasteiger partial charge in [0, 0.05) is 9.85 Å². The molecule has 0 aliphatic heterocycles. The molecule has 0 spiro atoms. The van der Waals surface area contributed by atoms with E-state index in [0.29, 0.717) is 10.0 Å². The highest BCUT2D eigenvalue weighted by atomic mass is 79.9. The van der Waals surface area contributed by atoms with Gasteiger partial charge in [0.05, 0.1) is 10.8 Å². The molecule has 0 aromatic carbocycles. The van der Waals surface area contributed by atoms with Gasteiger partial charge in [-0.05, 0) is 22.0 Å². The van der Waals surface area contributed by atoms with Gasteiger partial charge in [0.15, 0.2) is 5.78 Å². The molecule has 0 fully saturated rings. The second kappa shape index (κ2) is 5.14. The first-order valence-corrected chi connectivity index (χ1v) is 7.52. The van der Waals surface area contributed by atoms with Gasteiger partial charge in [-0.3, -0.25) is 4.79 Å². The number of aromatic nitrogens is 1. The Morgan fingerprint density at radius 2 is 2.31 bits per heavy atom. The lowest BCUT2D eigenvalue weighted by Crippen LogP contribution is -1.99. The fraction of sp³-hybridized carbons (Fsp3) is 0.111. The summed E-state index contributed by atoms with van der Waals surface area (Å²) in [6.07, 6.45) is 0. The number of carbonyl (C=O) groups excluding carboxylic acids is 1.